The maximum absolute atomic E-state index is 12.0. The maximum Gasteiger partial charge on any atom is 0.328 e. The number of carbonyl (C=O) groups is 1. The Morgan fingerprint density at radius 3 is 2.95 bits per heavy atom. The molecule has 0 bridgehead atoms. The molecular formula is C12H19N5O2. The topological polar surface area (TPSA) is 107 Å². The van der Waals surface area contributed by atoms with E-state index in [1.807, 2.05) is 4.90 Å². The number of anilines is 3. The van der Waals surface area contributed by atoms with Crippen LogP contribution in [0.1, 0.15) is 26.2 Å². The van der Waals surface area contributed by atoms with Gasteiger partial charge in [0.05, 0.1) is 6.61 Å². The van der Waals surface area contributed by atoms with E-state index < -0.39 is 0 Å². The first-order chi connectivity index (χ1) is 9.11. The number of nitrogens with zero attached hydrogens (tertiary/aromatic N) is 3. The third-order valence-electron chi connectivity index (χ3n) is 3.11. The minimum atomic E-state index is -0.317. The van der Waals surface area contributed by atoms with Crippen molar-refractivity contribution < 1.29 is 9.53 Å². The highest BCUT2D eigenvalue weighted by Gasteiger charge is 2.31. The third-order valence-corrected chi connectivity index (χ3v) is 3.11. The van der Waals surface area contributed by atoms with Gasteiger partial charge in [0.2, 0.25) is 5.95 Å². The highest BCUT2D eigenvalue weighted by atomic mass is 16.5. The van der Waals surface area contributed by atoms with Crippen LogP contribution in [-0.4, -0.2) is 35.1 Å². The van der Waals surface area contributed by atoms with Gasteiger partial charge in [-0.1, -0.05) is 0 Å². The van der Waals surface area contributed by atoms with E-state index in [0.717, 1.165) is 25.8 Å². The molecule has 1 saturated heterocycles. The lowest BCUT2D eigenvalue weighted by Crippen LogP contribution is -2.46. The molecule has 2 rings (SSSR count). The Morgan fingerprint density at radius 2 is 2.26 bits per heavy atom. The normalized spacial score (nSPS) is 19.2. The van der Waals surface area contributed by atoms with Crippen LogP contribution in [0.5, 0.6) is 0 Å². The van der Waals surface area contributed by atoms with Crippen LogP contribution in [0.4, 0.5) is 17.6 Å². The molecule has 19 heavy (non-hydrogen) atoms. The molecule has 104 valence electrons. The zero-order chi connectivity index (χ0) is 13.8. The van der Waals surface area contributed by atoms with E-state index in [-0.39, 0.29) is 18.0 Å². The van der Waals surface area contributed by atoms with Crippen molar-refractivity contribution in [2.24, 2.45) is 0 Å². The summed E-state index contributed by atoms with van der Waals surface area (Å²) in [6, 6.07) is 1.32. The van der Waals surface area contributed by atoms with Crippen molar-refractivity contribution in [1.29, 1.82) is 0 Å². The van der Waals surface area contributed by atoms with Gasteiger partial charge in [-0.2, -0.15) is 9.97 Å². The number of nitrogens with two attached hydrogens (primary N) is 2. The van der Waals surface area contributed by atoms with E-state index in [2.05, 4.69) is 9.97 Å². The molecule has 1 aliphatic rings. The van der Waals surface area contributed by atoms with Gasteiger partial charge in [-0.25, -0.2) is 4.79 Å². The third kappa shape index (κ3) is 3.04. The first-order valence-corrected chi connectivity index (χ1v) is 6.45. The lowest BCUT2D eigenvalue weighted by molar-refractivity contribution is -0.145. The number of nitrogen functional groups attached to an aromatic ring is 2. The average Bonchev–Trinajstić information content (AvgIpc) is 2.38. The van der Waals surface area contributed by atoms with Gasteiger partial charge in [0.1, 0.15) is 17.7 Å². The number of piperidine rings is 1. The van der Waals surface area contributed by atoms with Gasteiger partial charge in [0.25, 0.3) is 0 Å². The Hall–Kier alpha value is -2.05. The Bertz CT molecular complexity index is 445. The first kappa shape index (κ1) is 13.4. The van der Waals surface area contributed by atoms with Crippen molar-refractivity contribution in [1.82, 2.24) is 9.97 Å². The monoisotopic (exact) mass is 265 g/mol. The summed E-state index contributed by atoms with van der Waals surface area (Å²) >= 11 is 0. The van der Waals surface area contributed by atoms with Crippen molar-refractivity contribution in [3.63, 3.8) is 0 Å². The van der Waals surface area contributed by atoms with Crippen molar-refractivity contribution in [2.45, 2.75) is 32.2 Å². The second-order valence-corrected chi connectivity index (χ2v) is 4.47. The van der Waals surface area contributed by atoms with Crippen LogP contribution >= 0.6 is 0 Å². The Labute approximate surface area is 111 Å². The summed E-state index contributed by atoms with van der Waals surface area (Å²) in [5.74, 6) is 0.777. The zero-order valence-electron chi connectivity index (χ0n) is 11.0. The first-order valence-electron chi connectivity index (χ1n) is 6.45. The summed E-state index contributed by atoms with van der Waals surface area (Å²) < 4.78 is 5.11. The summed E-state index contributed by atoms with van der Waals surface area (Å²) in [6.07, 6.45) is 2.75. The summed E-state index contributed by atoms with van der Waals surface area (Å²) in [5, 5.41) is 0. The number of rotatable bonds is 3. The Morgan fingerprint density at radius 1 is 1.47 bits per heavy atom. The highest BCUT2D eigenvalue weighted by Crippen LogP contribution is 2.25. The number of hydrogen-bond donors (Lipinski definition) is 2. The van der Waals surface area contributed by atoms with Crippen LogP contribution < -0.4 is 16.4 Å². The average molecular weight is 265 g/mol. The molecule has 7 nitrogen and oxygen atoms in total. The largest absolute Gasteiger partial charge is 0.464 e. The van der Waals surface area contributed by atoms with E-state index in [9.17, 15) is 4.79 Å². The van der Waals surface area contributed by atoms with Crippen LogP contribution in [0, 0.1) is 0 Å². The molecule has 1 atom stereocenters. The minimum absolute atomic E-state index is 0.114. The highest BCUT2D eigenvalue weighted by molar-refractivity contribution is 5.80. The van der Waals surface area contributed by atoms with Crippen LogP contribution in [0.2, 0.25) is 0 Å². The molecule has 0 aliphatic carbocycles. The molecule has 1 fully saturated rings. The molecule has 4 N–H and O–H groups in total. The second-order valence-electron chi connectivity index (χ2n) is 4.47. The fourth-order valence-electron chi connectivity index (χ4n) is 2.31. The molecule has 0 spiro atoms. The van der Waals surface area contributed by atoms with Gasteiger partial charge in [-0.05, 0) is 26.2 Å². The van der Waals surface area contributed by atoms with Gasteiger partial charge < -0.3 is 21.1 Å². The molecular weight excluding hydrogens is 246 g/mol. The molecule has 0 saturated carbocycles. The van der Waals surface area contributed by atoms with Gasteiger partial charge in [0.15, 0.2) is 0 Å². The smallest absolute Gasteiger partial charge is 0.328 e. The molecule has 1 aliphatic heterocycles. The van der Waals surface area contributed by atoms with Crippen LogP contribution in [-0.2, 0) is 9.53 Å². The van der Waals surface area contributed by atoms with E-state index in [4.69, 9.17) is 16.2 Å². The predicted octanol–water partition coefficient (Wildman–Crippen LogP) is 0.563. The van der Waals surface area contributed by atoms with Crippen molar-refractivity contribution in [2.75, 3.05) is 29.5 Å². The molecule has 7 heteroatoms. The number of esters is 1. The minimum Gasteiger partial charge on any atom is -0.464 e. The van der Waals surface area contributed by atoms with Gasteiger partial charge in [0, 0.05) is 12.6 Å². The van der Waals surface area contributed by atoms with Crippen LogP contribution in [0.25, 0.3) is 0 Å². The Kier molecular flexibility index (Phi) is 4.03. The zero-order valence-corrected chi connectivity index (χ0v) is 11.0. The van der Waals surface area contributed by atoms with E-state index >= 15 is 0 Å². The van der Waals surface area contributed by atoms with Crippen LogP contribution in [0.3, 0.4) is 0 Å². The SMILES string of the molecule is CCOC(=O)C1CCCCN1c1cc(N)nc(N)n1. The maximum atomic E-state index is 12.0. The van der Waals surface area contributed by atoms with E-state index in [0.29, 0.717) is 18.2 Å². The summed E-state index contributed by atoms with van der Waals surface area (Å²) in [4.78, 5) is 21.9. The lowest BCUT2D eigenvalue weighted by Gasteiger charge is -2.34. The van der Waals surface area contributed by atoms with Gasteiger partial charge in [-0.15, -0.1) is 0 Å². The van der Waals surface area contributed by atoms with Crippen molar-refractivity contribution >= 4 is 23.6 Å². The number of hydrogen-bond acceptors (Lipinski definition) is 7. The fourth-order valence-corrected chi connectivity index (χ4v) is 2.31. The molecule has 1 unspecified atom stereocenters. The fraction of sp³-hybridized carbons (Fsp3) is 0.583. The van der Waals surface area contributed by atoms with Crippen molar-refractivity contribution in [3.05, 3.63) is 6.07 Å². The van der Waals surface area contributed by atoms with Gasteiger partial charge in [-0.3, -0.25) is 0 Å². The van der Waals surface area contributed by atoms with Crippen molar-refractivity contribution in [3.8, 4) is 0 Å². The van der Waals surface area contributed by atoms with E-state index in [1.165, 1.54) is 0 Å². The van der Waals surface area contributed by atoms with Gasteiger partial charge >= 0.3 is 5.97 Å². The summed E-state index contributed by atoms with van der Waals surface area (Å²) in [5.41, 5.74) is 11.3. The molecule has 0 radical (unpaired) electrons. The quantitative estimate of drug-likeness (QED) is 0.769. The second kappa shape index (κ2) is 5.73. The number of ether oxygens (including phenoxy) is 1. The number of aromatic nitrogens is 2. The summed E-state index contributed by atoms with van der Waals surface area (Å²) in [6.45, 7) is 2.91. The molecule has 2 heterocycles. The molecule has 0 aromatic carbocycles. The predicted molar refractivity (Wildman–Crippen MR) is 72.5 cm³/mol. The standard InChI is InChI=1S/C12H19N5O2/c1-2-19-11(18)8-5-3-4-6-17(8)10-7-9(13)15-12(14)16-10/h7-8H,2-6H2,1H3,(H4,13,14,15,16). The van der Waals surface area contributed by atoms with Crippen LogP contribution in [0.15, 0.2) is 6.07 Å². The molecule has 0 amide bonds. The summed E-state index contributed by atoms with van der Waals surface area (Å²) in [7, 11) is 0. The lowest BCUT2D eigenvalue weighted by atomic mass is 10.0. The van der Waals surface area contributed by atoms with E-state index in [1.54, 1.807) is 13.0 Å². The molecule has 1 aromatic heterocycles. The number of carbonyl (C=O) groups excluding carboxylic acids is 1. The molecule has 1 aromatic rings. The Balaban J connectivity index is 2.25.